The van der Waals surface area contributed by atoms with Crippen LogP contribution in [0.5, 0.6) is 0 Å². The highest BCUT2D eigenvalue weighted by atomic mass is 16.5. The number of nitrogens with zero attached hydrogens (tertiary/aromatic N) is 1. The third-order valence-electron chi connectivity index (χ3n) is 7.32. The SMILES string of the molecule is CC(C)(CCNC(=O)OCC1c2ccccc2-c2ccccc21)CCC(=O)N1CCC(C(=O)O)C1. The quantitative estimate of drug-likeness (QED) is 0.547. The van der Waals surface area contributed by atoms with Gasteiger partial charge in [-0.25, -0.2) is 4.79 Å². The van der Waals surface area contributed by atoms with Crippen molar-refractivity contribution in [3.8, 4) is 11.1 Å². The van der Waals surface area contributed by atoms with Crippen molar-refractivity contribution in [2.75, 3.05) is 26.2 Å². The van der Waals surface area contributed by atoms with Gasteiger partial charge in [0.25, 0.3) is 0 Å². The van der Waals surface area contributed by atoms with Gasteiger partial charge >= 0.3 is 12.1 Å². The Hall–Kier alpha value is -3.35. The highest BCUT2D eigenvalue weighted by Gasteiger charge is 2.32. The van der Waals surface area contributed by atoms with Gasteiger partial charge in [0, 0.05) is 32.0 Å². The molecular weight excluding hydrogens is 444 g/mol. The third-order valence-corrected chi connectivity index (χ3v) is 7.32. The number of carboxylic acid groups (broad SMARTS) is 1. The minimum Gasteiger partial charge on any atom is -0.481 e. The minimum atomic E-state index is -0.833. The molecule has 0 saturated carbocycles. The van der Waals surface area contributed by atoms with E-state index >= 15 is 0 Å². The Morgan fingerprint density at radius 2 is 1.66 bits per heavy atom. The summed E-state index contributed by atoms with van der Waals surface area (Å²) in [5, 5.41) is 12.0. The van der Waals surface area contributed by atoms with Gasteiger partial charge in [-0.15, -0.1) is 0 Å². The van der Waals surface area contributed by atoms with Crippen LogP contribution in [-0.4, -0.2) is 54.2 Å². The Morgan fingerprint density at radius 1 is 1.03 bits per heavy atom. The Kier molecular flexibility index (Phi) is 7.43. The second-order valence-corrected chi connectivity index (χ2v) is 10.3. The van der Waals surface area contributed by atoms with E-state index in [4.69, 9.17) is 9.84 Å². The van der Waals surface area contributed by atoms with Crippen LogP contribution < -0.4 is 5.32 Å². The molecule has 1 saturated heterocycles. The van der Waals surface area contributed by atoms with Crippen molar-refractivity contribution in [2.45, 2.75) is 45.4 Å². The number of carboxylic acids is 1. The average molecular weight is 479 g/mol. The van der Waals surface area contributed by atoms with Crippen molar-refractivity contribution in [3.05, 3.63) is 59.7 Å². The molecule has 2 aliphatic rings. The fraction of sp³-hybridized carbons (Fsp3) is 0.464. The van der Waals surface area contributed by atoms with Crippen molar-refractivity contribution < 1.29 is 24.2 Å². The van der Waals surface area contributed by atoms with E-state index in [1.807, 2.05) is 24.3 Å². The van der Waals surface area contributed by atoms with Gasteiger partial charge < -0.3 is 20.1 Å². The van der Waals surface area contributed by atoms with E-state index in [0.29, 0.717) is 45.3 Å². The second-order valence-electron chi connectivity index (χ2n) is 10.3. The molecule has 0 aromatic heterocycles. The standard InChI is InChI=1S/C28H34N2O5/c1-28(2,13-11-25(31)30-16-12-19(17-30)26(32)33)14-15-29-27(34)35-18-24-22-9-5-3-7-20(22)21-8-4-6-10-23(21)24/h3-10,19,24H,11-18H2,1-2H3,(H,29,34)(H,32,33). The average Bonchev–Trinajstić information content (AvgIpc) is 3.45. The van der Waals surface area contributed by atoms with E-state index in [1.165, 1.54) is 22.3 Å². The van der Waals surface area contributed by atoms with Crippen molar-refractivity contribution in [1.29, 1.82) is 0 Å². The van der Waals surface area contributed by atoms with E-state index in [-0.39, 0.29) is 23.8 Å². The molecule has 2 amide bonds. The van der Waals surface area contributed by atoms with Crippen molar-refractivity contribution in [1.82, 2.24) is 10.2 Å². The predicted molar refractivity (Wildman–Crippen MR) is 133 cm³/mol. The molecule has 1 unspecified atom stereocenters. The smallest absolute Gasteiger partial charge is 0.407 e. The molecule has 1 heterocycles. The summed E-state index contributed by atoms with van der Waals surface area (Å²) in [5.74, 6) is -1.25. The van der Waals surface area contributed by atoms with Crippen LogP contribution in [0.25, 0.3) is 11.1 Å². The molecule has 2 aromatic carbocycles. The second kappa shape index (κ2) is 10.5. The fourth-order valence-corrected chi connectivity index (χ4v) is 5.07. The molecule has 7 nitrogen and oxygen atoms in total. The maximum Gasteiger partial charge on any atom is 0.407 e. The predicted octanol–water partition coefficient (Wildman–Crippen LogP) is 4.65. The Morgan fingerprint density at radius 3 is 2.26 bits per heavy atom. The molecule has 1 aliphatic carbocycles. The van der Waals surface area contributed by atoms with Crippen molar-refractivity contribution in [3.63, 3.8) is 0 Å². The zero-order valence-electron chi connectivity index (χ0n) is 20.5. The molecule has 2 aromatic rings. The number of benzene rings is 2. The number of nitrogens with one attached hydrogen (secondary N) is 1. The Bertz CT molecular complexity index is 1050. The van der Waals surface area contributed by atoms with E-state index in [2.05, 4.69) is 43.4 Å². The van der Waals surface area contributed by atoms with Gasteiger partial charge in [-0.05, 0) is 46.9 Å². The topological polar surface area (TPSA) is 95.9 Å². The van der Waals surface area contributed by atoms with Gasteiger partial charge in [-0.3, -0.25) is 9.59 Å². The first-order valence-corrected chi connectivity index (χ1v) is 12.3. The normalized spacial score (nSPS) is 17.1. The number of aliphatic carboxylic acids is 1. The summed E-state index contributed by atoms with van der Waals surface area (Å²) in [6, 6.07) is 16.5. The molecule has 7 heteroatoms. The zero-order valence-corrected chi connectivity index (χ0v) is 20.5. The Balaban J connectivity index is 1.20. The number of hydrogen-bond acceptors (Lipinski definition) is 4. The van der Waals surface area contributed by atoms with Gasteiger partial charge in [0.2, 0.25) is 5.91 Å². The number of likely N-dealkylation sites (tertiary alicyclic amines) is 1. The highest BCUT2D eigenvalue weighted by molar-refractivity contribution is 5.79. The molecule has 2 N–H and O–H groups in total. The molecule has 1 atom stereocenters. The van der Waals surface area contributed by atoms with E-state index in [0.717, 1.165) is 0 Å². The number of amides is 2. The number of carbonyl (C=O) groups is 3. The van der Waals surface area contributed by atoms with Crippen LogP contribution in [-0.2, 0) is 14.3 Å². The Labute approximate surface area is 206 Å². The van der Waals surface area contributed by atoms with Crippen LogP contribution in [0, 0.1) is 11.3 Å². The van der Waals surface area contributed by atoms with Gasteiger partial charge in [-0.1, -0.05) is 62.4 Å². The van der Waals surface area contributed by atoms with Crippen LogP contribution >= 0.6 is 0 Å². The zero-order chi connectivity index (χ0) is 25.0. The third kappa shape index (κ3) is 5.84. The first-order chi connectivity index (χ1) is 16.7. The summed E-state index contributed by atoms with van der Waals surface area (Å²) in [5.41, 5.74) is 4.61. The van der Waals surface area contributed by atoms with Crippen LogP contribution in [0.4, 0.5) is 4.79 Å². The fourth-order valence-electron chi connectivity index (χ4n) is 5.07. The number of rotatable bonds is 9. The van der Waals surface area contributed by atoms with Gasteiger partial charge in [0.15, 0.2) is 0 Å². The van der Waals surface area contributed by atoms with Crippen molar-refractivity contribution >= 4 is 18.0 Å². The maximum atomic E-state index is 12.5. The molecule has 1 fully saturated rings. The van der Waals surface area contributed by atoms with Gasteiger partial charge in [0.05, 0.1) is 5.92 Å². The number of alkyl carbamates (subject to hydrolysis) is 1. The summed E-state index contributed by atoms with van der Waals surface area (Å²) in [6.07, 6.45) is 1.85. The first-order valence-electron chi connectivity index (χ1n) is 12.3. The van der Waals surface area contributed by atoms with E-state index < -0.39 is 18.0 Å². The lowest BCUT2D eigenvalue weighted by Crippen LogP contribution is -2.32. The minimum absolute atomic E-state index is 0.00585. The summed E-state index contributed by atoms with van der Waals surface area (Å²) >= 11 is 0. The summed E-state index contributed by atoms with van der Waals surface area (Å²) in [4.78, 5) is 37.6. The van der Waals surface area contributed by atoms with Crippen LogP contribution in [0.1, 0.15) is 56.6 Å². The molecular formula is C28H34N2O5. The molecule has 0 radical (unpaired) electrons. The lowest BCUT2D eigenvalue weighted by Gasteiger charge is -2.26. The van der Waals surface area contributed by atoms with Crippen LogP contribution in [0.2, 0.25) is 0 Å². The highest BCUT2D eigenvalue weighted by Crippen LogP contribution is 2.44. The molecule has 0 spiro atoms. The lowest BCUT2D eigenvalue weighted by atomic mass is 9.84. The lowest BCUT2D eigenvalue weighted by molar-refractivity contribution is -0.141. The maximum absolute atomic E-state index is 12.5. The monoisotopic (exact) mass is 478 g/mol. The molecule has 4 rings (SSSR count). The van der Waals surface area contributed by atoms with Gasteiger partial charge in [0.1, 0.15) is 6.61 Å². The van der Waals surface area contributed by atoms with Crippen LogP contribution in [0.3, 0.4) is 0 Å². The summed E-state index contributed by atoms with van der Waals surface area (Å²) in [6.45, 7) is 5.71. The summed E-state index contributed by atoms with van der Waals surface area (Å²) < 4.78 is 5.59. The molecule has 186 valence electrons. The molecule has 35 heavy (non-hydrogen) atoms. The number of fused-ring (bicyclic) bond motifs is 3. The van der Waals surface area contributed by atoms with E-state index in [9.17, 15) is 14.4 Å². The number of hydrogen-bond donors (Lipinski definition) is 2. The van der Waals surface area contributed by atoms with Crippen LogP contribution in [0.15, 0.2) is 48.5 Å². The number of ether oxygens (including phenoxy) is 1. The molecule has 0 bridgehead atoms. The van der Waals surface area contributed by atoms with Crippen molar-refractivity contribution in [2.24, 2.45) is 11.3 Å². The van der Waals surface area contributed by atoms with Gasteiger partial charge in [-0.2, -0.15) is 0 Å². The first kappa shape index (κ1) is 24.8. The van der Waals surface area contributed by atoms with E-state index in [1.54, 1.807) is 4.90 Å². The summed E-state index contributed by atoms with van der Waals surface area (Å²) in [7, 11) is 0. The number of carbonyl (C=O) groups excluding carboxylic acids is 2. The molecule has 1 aliphatic heterocycles. The largest absolute Gasteiger partial charge is 0.481 e.